The van der Waals surface area contributed by atoms with Crippen molar-refractivity contribution < 1.29 is 9.53 Å². The van der Waals surface area contributed by atoms with Gasteiger partial charge in [-0.15, -0.1) is 12.4 Å². The second-order valence-corrected chi connectivity index (χ2v) is 7.94. The van der Waals surface area contributed by atoms with E-state index in [0.717, 1.165) is 43.1 Å². The molecule has 29 heavy (non-hydrogen) atoms. The number of aromatic nitrogens is 3. The fourth-order valence-corrected chi connectivity index (χ4v) is 4.56. The molecule has 0 N–H and O–H groups in total. The fraction of sp³-hybridized carbons (Fsp3) is 0.421. The smallest absolute Gasteiger partial charge is 0.278 e. The number of amides is 1. The Hall–Kier alpha value is -1.71. The van der Waals surface area contributed by atoms with E-state index in [9.17, 15) is 4.79 Å². The molecule has 1 saturated heterocycles. The van der Waals surface area contributed by atoms with E-state index in [1.54, 1.807) is 21.8 Å². The van der Waals surface area contributed by atoms with Crippen LogP contribution in [0.4, 0.5) is 5.13 Å². The number of anilines is 1. The number of halogens is 2. The van der Waals surface area contributed by atoms with E-state index >= 15 is 0 Å². The van der Waals surface area contributed by atoms with E-state index in [1.165, 1.54) is 11.3 Å². The minimum Gasteiger partial charge on any atom is -0.379 e. The Balaban J connectivity index is 0.00000240. The van der Waals surface area contributed by atoms with Crippen LogP contribution in [-0.4, -0.2) is 65.0 Å². The van der Waals surface area contributed by atoms with Crippen LogP contribution in [0.15, 0.2) is 30.5 Å². The number of aryl methyl sites for hydroxylation is 1. The van der Waals surface area contributed by atoms with E-state index in [2.05, 4.69) is 15.0 Å². The first-order valence-electron chi connectivity index (χ1n) is 9.36. The van der Waals surface area contributed by atoms with Crippen molar-refractivity contribution in [1.29, 1.82) is 0 Å². The Kier molecular flexibility index (Phi) is 7.48. The monoisotopic (exact) mass is 455 g/mol. The van der Waals surface area contributed by atoms with Crippen LogP contribution < -0.4 is 4.90 Å². The molecule has 4 rings (SSSR count). The van der Waals surface area contributed by atoms with Gasteiger partial charge in [-0.25, -0.2) is 4.98 Å². The summed E-state index contributed by atoms with van der Waals surface area (Å²) >= 11 is 7.79. The summed E-state index contributed by atoms with van der Waals surface area (Å²) in [6.07, 6.45) is 1.66. The summed E-state index contributed by atoms with van der Waals surface area (Å²) in [5.74, 6) is -0.0946. The molecular weight excluding hydrogens is 433 g/mol. The molecule has 1 aliphatic rings. The molecule has 3 aromatic rings. The number of rotatable bonds is 6. The van der Waals surface area contributed by atoms with Crippen LogP contribution in [0.2, 0.25) is 5.02 Å². The number of carbonyl (C=O) groups excluding carboxylic acids is 1. The van der Waals surface area contributed by atoms with Crippen molar-refractivity contribution in [3.63, 3.8) is 0 Å². The van der Waals surface area contributed by atoms with Crippen LogP contribution in [0.5, 0.6) is 0 Å². The number of morpholine rings is 1. The highest BCUT2D eigenvalue weighted by atomic mass is 35.5. The number of thiazole rings is 1. The second-order valence-electron chi connectivity index (χ2n) is 6.53. The van der Waals surface area contributed by atoms with Crippen molar-refractivity contribution in [2.24, 2.45) is 0 Å². The number of para-hydroxylation sites is 1. The molecule has 0 saturated carbocycles. The molecule has 0 spiro atoms. The Morgan fingerprint density at radius 3 is 2.83 bits per heavy atom. The Morgan fingerprint density at radius 2 is 2.10 bits per heavy atom. The highest BCUT2D eigenvalue weighted by molar-refractivity contribution is 7.22. The standard InChI is InChI=1S/C19H22ClN5O2S.ClH/c1-2-25-15(6-7-21-25)18(26)24(9-8-23-10-12-27-13-11-23)19-22-17-14(20)4-3-5-16(17)28-19;/h3-7H,2,8-13H2,1H3;1H. The maximum absolute atomic E-state index is 13.4. The lowest BCUT2D eigenvalue weighted by molar-refractivity contribution is 0.0391. The molecule has 0 unspecified atom stereocenters. The first kappa shape index (κ1) is 22.0. The van der Waals surface area contributed by atoms with Crippen molar-refractivity contribution in [2.75, 3.05) is 44.3 Å². The molecule has 2 aromatic heterocycles. The van der Waals surface area contributed by atoms with Crippen LogP contribution in [0.25, 0.3) is 10.2 Å². The molecule has 0 bridgehead atoms. The third-order valence-electron chi connectivity index (χ3n) is 4.81. The molecule has 0 radical (unpaired) electrons. The van der Waals surface area contributed by atoms with Gasteiger partial charge >= 0.3 is 0 Å². The fourth-order valence-electron chi connectivity index (χ4n) is 3.27. The van der Waals surface area contributed by atoms with Crippen LogP contribution >= 0.6 is 35.3 Å². The number of ether oxygens (including phenoxy) is 1. The lowest BCUT2D eigenvalue weighted by Crippen LogP contribution is -2.43. The van der Waals surface area contributed by atoms with Crippen LogP contribution in [0.3, 0.4) is 0 Å². The van der Waals surface area contributed by atoms with Crippen molar-refractivity contribution in [1.82, 2.24) is 19.7 Å². The molecule has 3 heterocycles. The third kappa shape index (κ3) is 4.73. The van der Waals surface area contributed by atoms with Gasteiger partial charge in [-0.1, -0.05) is 29.0 Å². The highest BCUT2D eigenvalue weighted by Crippen LogP contribution is 2.33. The Morgan fingerprint density at radius 1 is 1.31 bits per heavy atom. The van der Waals surface area contributed by atoms with Gasteiger partial charge in [0.05, 0.1) is 22.9 Å². The largest absolute Gasteiger partial charge is 0.379 e. The molecule has 1 aromatic carbocycles. The Bertz CT molecular complexity index is 971. The van der Waals surface area contributed by atoms with Crippen molar-refractivity contribution >= 4 is 56.6 Å². The zero-order valence-electron chi connectivity index (χ0n) is 16.1. The summed E-state index contributed by atoms with van der Waals surface area (Å²) < 4.78 is 8.10. The summed E-state index contributed by atoms with van der Waals surface area (Å²) in [5.41, 5.74) is 1.30. The molecule has 156 valence electrons. The summed E-state index contributed by atoms with van der Waals surface area (Å²) in [7, 11) is 0. The van der Waals surface area contributed by atoms with E-state index in [1.807, 2.05) is 25.1 Å². The predicted molar refractivity (Wildman–Crippen MR) is 119 cm³/mol. The van der Waals surface area contributed by atoms with Gasteiger partial charge in [0.2, 0.25) is 0 Å². The average molecular weight is 456 g/mol. The number of carbonyl (C=O) groups is 1. The number of hydrogen-bond acceptors (Lipinski definition) is 6. The van der Waals surface area contributed by atoms with E-state index in [4.69, 9.17) is 16.3 Å². The summed E-state index contributed by atoms with van der Waals surface area (Å²) in [6, 6.07) is 7.45. The van der Waals surface area contributed by atoms with Gasteiger partial charge in [0.1, 0.15) is 11.2 Å². The van der Waals surface area contributed by atoms with Gasteiger partial charge in [0, 0.05) is 38.9 Å². The summed E-state index contributed by atoms with van der Waals surface area (Å²) in [4.78, 5) is 22.1. The van der Waals surface area contributed by atoms with Gasteiger partial charge in [-0.05, 0) is 25.1 Å². The Labute approximate surface area is 184 Å². The van der Waals surface area contributed by atoms with Gasteiger partial charge in [0.25, 0.3) is 5.91 Å². The van der Waals surface area contributed by atoms with Gasteiger partial charge < -0.3 is 4.74 Å². The molecule has 7 nitrogen and oxygen atoms in total. The number of nitrogens with zero attached hydrogens (tertiary/aromatic N) is 5. The van der Waals surface area contributed by atoms with Crippen molar-refractivity contribution in [2.45, 2.75) is 13.5 Å². The van der Waals surface area contributed by atoms with Crippen LogP contribution in [0, 0.1) is 0 Å². The SMILES string of the molecule is CCn1nccc1C(=O)N(CCN1CCOCC1)c1nc2c(Cl)cccc2s1.Cl. The molecule has 10 heteroatoms. The first-order chi connectivity index (χ1) is 13.7. The second kappa shape index (κ2) is 9.86. The molecule has 1 fully saturated rings. The summed E-state index contributed by atoms with van der Waals surface area (Å²) in [5, 5.41) is 5.50. The minimum absolute atomic E-state index is 0. The lowest BCUT2D eigenvalue weighted by atomic mass is 10.3. The molecular formula is C19H23Cl2N5O2S. The van der Waals surface area contributed by atoms with Crippen LogP contribution in [-0.2, 0) is 11.3 Å². The highest BCUT2D eigenvalue weighted by Gasteiger charge is 2.25. The first-order valence-corrected chi connectivity index (χ1v) is 10.6. The number of hydrogen-bond donors (Lipinski definition) is 0. The number of benzene rings is 1. The molecule has 1 amide bonds. The van der Waals surface area contributed by atoms with E-state index < -0.39 is 0 Å². The van der Waals surface area contributed by atoms with Crippen LogP contribution in [0.1, 0.15) is 17.4 Å². The van der Waals surface area contributed by atoms with Crippen molar-refractivity contribution in [3.05, 3.63) is 41.2 Å². The van der Waals surface area contributed by atoms with Crippen molar-refractivity contribution in [3.8, 4) is 0 Å². The zero-order chi connectivity index (χ0) is 19.5. The van der Waals surface area contributed by atoms with Gasteiger partial charge in [-0.2, -0.15) is 5.10 Å². The zero-order valence-corrected chi connectivity index (χ0v) is 18.5. The molecule has 1 aliphatic heterocycles. The van der Waals surface area contributed by atoms with E-state index in [-0.39, 0.29) is 18.3 Å². The maximum Gasteiger partial charge on any atom is 0.278 e. The predicted octanol–water partition coefficient (Wildman–Crippen LogP) is 3.57. The normalized spacial score (nSPS) is 14.7. The van der Waals surface area contributed by atoms with Gasteiger partial charge in [0.15, 0.2) is 5.13 Å². The molecule has 0 atom stereocenters. The van der Waals surface area contributed by atoms with E-state index in [0.29, 0.717) is 28.9 Å². The number of fused-ring (bicyclic) bond motifs is 1. The lowest BCUT2D eigenvalue weighted by Gasteiger charge is -2.29. The van der Waals surface area contributed by atoms with Gasteiger partial charge in [-0.3, -0.25) is 19.3 Å². The topological polar surface area (TPSA) is 63.5 Å². The molecule has 0 aliphatic carbocycles. The third-order valence-corrected chi connectivity index (χ3v) is 6.16. The average Bonchev–Trinajstić information content (AvgIpc) is 3.36. The minimum atomic E-state index is -0.0946. The summed E-state index contributed by atoms with van der Waals surface area (Å²) in [6.45, 7) is 7.13. The maximum atomic E-state index is 13.4. The quantitative estimate of drug-likeness (QED) is 0.568.